The summed E-state index contributed by atoms with van der Waals surface area (Å²) < 4.78 is 32.9. The Labute approximate surface area is 178 Å². The first-order valence-electron chi connectivity index (χ1n) is 8.88. The third-order valence-corrected chi connectivity index (χ3v) is 9.19. The lowest BCUT2D eigenvalue weighted by molar-refractivity contribution is 0.0390. The Bertz CT molecular complexity index is 1170. The molecule has 0 spiro atoms. The van der Waals surface area contributed by atoms with Crippen molar-refractivity contribution in [2.45, 2.75) is 24.1 Å². The normalized spacial score (nSPS) is 25.6. The molecule has 4 heterocycles. The van der Waals surface area contributed by atoms with Crippen LogP contribution in [0.5, 0.6) is 0 Å². The third kappa shape index (κ3) is 3.20. The van der Waals surface area contributed by atoms with Crippen LogP contribution in [0, 0.1) is 11.8 Å². The fourth-order valence-electron chi connectivity index (χ4n) is 3.70. The lowest BCUT2D eigenvalue weighted by Crippen LogP contribution is -2.60. The van der Waals surface area contributed by atoms with E-state index in [9.17, 15) is 8.42 Å². The van der Waals surface area contributed by atoms with Gasteiger partial charge in [0, 0.05) is 42.1 Å². The maximum Gasteiger partial charge on any atom is 0.243 e. The van der Waals surface area contributed by atoms with Crippen molar-refractivity contribution in [2.24, 2.45) is 10.7 Å². The van der Waals surface area contributed by atoms with Crippen molar-refractivity contribution < 1.29 is 13.2 Å². The predicted octanol–water partition coefficient (Wildman–Crippen LogP) is 2.41. The summed E-state index contributed by atoms with van der Waals surface area (Å²) in [5, 5.41) is -0.357. The minimum Gasteiger partial charge on any atom is -0.378 e. The molecule has 7 nitrogen and oxygen atoms in total. The maximum absolute atomic E-state index is 13.1. The molecule has 2 aliphatic rings. The summed E-state index contributed by atoms with van der Waals surface area (Å²) in [6, 6.07) is 3.73. The van der Waals surface area contributed by atoms with Crippen LogP contribution in [0.1, 0.15) is 23.8 Å². The van der Waals surface area contributed by atoms with Crippen LogP contribution in [-0.2, 0) is 20.3 Å². The van der Waals surface area contributed by atoms with E-state index >= 15 is 0 Å². The number of halogens is 1. The molecule has 0 aromatic carbocycles. The fraction of sp³-hybridized carbons (Fsp3) is 0.368. The monoisotopic (exact) mass is 450 g/mol. The van der Waals surface area contributed by atoms with Gasteiger partial charge >= 0.3 is 0 Å². The quantitative estimate of drug-likeness (QED) is 0.708. The number of aromatic nitrogens is 1. The Morgan fingerprint density at radius 3 is 2.97 bits per heavy atom. The number of nitrogens with zero attached hydrogens (tertiary/aromatic N) is 3. The molecule has 1 unspecified atom stereocenters. The third-order valence-electron chi connectivity index (χ3n) is 5.13. The molecule has 0 radical (unpaired) electrons. The number of ether oxygens (including phenoxy) is 1. The van der Waals surface area contributed by atoms with Crippen LogP contribution in [0.2, 0.25) is 5.02 Å². The minimum atomic E-state index is -3.69. The number of fused-ring (bicyclic) bond motifs is 1. The zero-order chi connectivity index (χ0) is 20.8. The van der Waals surface area contributed by atoms with Gasteiger partial charge in [0.25, 0.3) is 0 Å². The summed E-state index contributed by atoms with van der Waals surface area (Å²) in [7, 11) is -2.27. The predicted molar refractivity (Wildman–Crippen MR) is 114 cm³/mol. The number of aliphatic imine (C=N–C) groups is 1. The van der Waals surface area contributed by atoms with Gasteiger partial charge in [-0.3, -0.25) is 4.98 Å². The van der Waals surface area contributed by atoms with Crippen LogP contribution in [0.25, 0.3) is 10.4 Å². The van der Waals surface area contributed by atoms with Gasteiger partial charge in [0.1, 0.15) is 10.8 Å². The summed E-state index contributed by atoms with van der Waals surface area (Å²) in [6.45, 7) is 2.20. The topological polar surface area (TPSA) is 97.9 Å². The molecule has 0 bridgehead atoms. The van der Waals surface area contributed by atoms with Gasteiger partial charge < -0.3 is 10.5 Å². The van der Waals surface area contributed by atoms with Gasteiger partial charge in [0.15, 0.2) is 0 Å². The van der Waals surface area contributed by atoms with Crippen LogP contribution in [-0.4, -0.2) is 49.2 Å². The Kier molecular flexibility index (Phi) is 5.07. The summed E-state index contributed by atoms with van der Waals surface area (Å²) in [5.41, 5.74) is 6.45. The molecular weight excluding hydrogens is 432 g/mol. The molecule has 1 fully saturated rings. The van der Waals surface area contributed by atoms with Crippen molar-refractivity contribution >= 4 is 38.9 Å². The lowest BCUT2D eigenvalue weighted by Gasteiger charge is -2.45. The number of thiophene rings is 1. The second-order valence-electron chi connectivity index (χ2n) is 6.86. The Morgan fingerprint density at radius 2 is 2.21 bits per heavy atom. The van der Waals surface area contributed by atoms with Crippen molar-refractivity contribution in [1.29, 1.82) is 0 Å². The van der Waals surface area contributed by atoms with Crippen LogP contribution >= 0.6 is 22.9 Å². The standard InChI is InChI=1S/C19H19ClN4O3S2/c1-3-4-12-7-13(10-22-9-12)15-8-14(20)17(28-15)19-11-27-6-5-16(19)29(25,26)24(2)18(21)23-19/h7-10,16H,5-6,11H2,1-2H3,(H2,21,23)/t16?,19-/m0/s1. The number of nitrogens with two attached hydrogens (primary N) is 1. The Balaban J connectivity index is 1.88. The number of guanidine groups is 1. The molecule has 0 amide bonds. The fourth-order valence-corrected chi connectivity index (χ4v) is 7.24. The zero-order valence-corrected chi connectivity index (χ0v) is 18.2. The number of hydrogen-bond donors (Lipinski definition) is 1. The molecule has 1 saturated heterocycles. The van der Waals surface area contributed by atoms with Gasteiger partial charge in [-0.1, -0.05) is 17.5 Å². The van der Waals surface area contributed by atoms with Crippen molar-refractivity contribution in [3.05, 3.63) is 40.0 Å². The average Bonchev–Trinajstić information content (AvgIpc) is 3.09. The smallest absolute Gasteiger partial charge is 0.243 e. The molecule has 29 heavy (non-hydrogen) atoms. The summed E-state index contributed by atoms with van der Waals surface area (Å²) in [6.07, 6.45) is 3.73. The van der Waals surface area contributed by atoms with E-state index in [-0.39, 0.29) is 12.6 Å². The van der Waals surface area contributed by atoms with Crippen molar-refractivity contribution in [3.8, 4) is 22.3 Å². The second-order valence-corrected chi connectivity index (χ2v) is 10.5. The van der Waals surface area contributed by atoms with E-state index in [1.807, 2.05) is 6.07 Å². The number of rotatable bonds is 2. The van der Waals surface area contributed by atoms with Crippen molar-refractivity contribution in [2.75, 3.05) is 20.3 Å². The van der Waals surface area contributed by atoms with Crippen molar-refractivity contribution in [1.82, 2.24) is 9.29 Å². The van der Waals surface area contributed by atoms with E-state index in [0.717, 1.165) is 20.3 Å². The van der Waals surface area contributed by atoms with Gasteiger partial charge in [0.05, 0.1) is 16.5 Å². The molecule has 2 aliphatic heterocycles. The zero-order valence-electron chi connectivity index (χ0n) is 15.8. The molecule has 2 N–H and O–H groups in total. The van der Waals surface area contributed by atoms with Crippen LogP contribution in [0.3, 0.4) is 0 Å². The first-order chi connectivity index (χ1) is 13.8. The van der Waals surface area contributed by atoms with E-state index in [0.29, 0.717) is 22.9 Å². The SMILES string of the molecule is CC#Cc1cncc(-c2cc(Cl)c([C@]34COCCC3S(=O)(=O)N(C)C(N)=N4)s2)c1. The summed E-state index contributed by atoms with van der Waals surface area (Å²) in [5.74, 6) is 5.77. The summed E-state index contributed by atoms with van der Waals surface area (Å²) in [4.78, 5) is 10.3. The molecule has 2 aromatic rings. The van der Waals surface area contributed by atoms with E-state index in [2.05, 4.69) is 21.8 Å². The average molecular weight is 451 g/mol. The minimum absolute atomic E-state index is 0.0698. The molecular formula is C19H19ClN4O3S2. The highest BCUT2D eigenvalue weighted by Crippen LogP contribution is 2.49. The molecule has 4 rings (SSSR count). The molecule has 152 valence electrons. The largest absolute Gasteiger partial charge is 0.378 e. The number of pyridine rings is 1. The first-order valence-corrected chi connectivity index (χ1v) is 11.6. The Morgan fingerprint density at radius 1 is 1.41 bits per heavy atom. The second kappa shape index (κ2) is 7.29. The van der Waals surface area contributed by atoms with E-state index in [4.69, 9.17) is 22.1 Å². The molecule has 10 heteroatoms. The molecule has 2 atom stereocenters. The molecule has 0 saturated carbocycles. The van der Waals surface area contributed by atoms with Gasteiger partial charge in [0.2, 0.25) is 16.0 Å². The van der Waals surface area contributed by atoms with E-state index in [1.54, 1.807) is 25.4 Å². The van der Waals surface area contributed by atoms with Gasteiger partial charge in [-0.05, 0) is 25.5 Å². The first kappa shape index (κ1) is 20.2. The molecule has 0 aliphatic carbocycles. The van der Waals surface area contributed by atoms with Gasteiger partial charge in [-0.15, -0.1) is 17.3 Å². The van der Waals surface area contributed by atoms with E-state index in [1.165, 1.54) is 18.4 Å². The lowest BCUT2D eigenvalue weighted by atomic mass is 9.90. The van der Waals surface area contributed by atoms with Crippen LogP contribution < -0.4 is 5.73 Å². The van der Waals surface area contributed by atoms with Crippen molar-refractivity contribution in [3.63, 3.8) is 0 Å². The van der Waals surface area contributed by atoms with E-state index < -0.39 is 20.8 Å². The van der Waals surface area contributed by atoms with Crippen LogP contribution in [0.15, 0.2) is 29.5 Å². The Hall–Kier alpha value is -2.12. The number of hydrogen-bond acceptors (Lipinski definition) is 7. The van der Waals surface area contributed by atoms with Gasteiger partial charge in [-0.25, -0.2) is 17.7 Å². The highest BCUT2D eigenvalue weighted by atomic mass is 35.5. The van der Waals surface area contributed by atoms with Gasteiger partial charge in [-0.2, -0.15) is 0 Å². The highest BCUT2D eigenvalue weighted by molar-refractivity contribution is 7.90. The highest BCUT2D eigenvalue weighted by Gasteiger charge is 2.56. The number of sulfonamides is 1. The summed E-state index contributed by atoms with van der Waals surface area (Å²) >= 11 is 7.99. The maximum atomic E-state index is 13.1. The molecule has 2 aromatic heterocycles. The van der Waals surface area contributed by atoms with Crippen LogP contribution in [0.4, 0.5) is 0 Å².